The Morgan fingerprint density at radius 2 is 0.529 bits per heavy atom. The van der Waals surface area contributed by atoms with Crippen molar-refractivity contribution < 1.29 is 28.6 Å². The summed E-state index contributed by atoms with van der Waals surface area (Å²) in [5, 5.41) is 0. The average Bonchev–Trinajstić information content (AvgIpc) is 3.34. The quantitative estimate of drug-likeness (QED) is 0.0262. The molecular weight excluding hydrogens is 841 g/mol. The van der Waals surface area contributed by atoms with E-state index in [9.17, 15) is 14.4 Å². The van der Waals surface area contributed by atoms with Crippen LogP contribution in [0.1, 0.15) is 335 Å². The van der Waals surface area contributed by atoms with Gasteiger partial charge in [0.2, 0.25) is 0 Å². The number of hydrogen-bond acceptors (Lipinski definition) is 6. The van der Waals surface area contributed by atoms with Crippen molar-refractivity contribution in [2.45, 2.75) is 341 Å². The molecule has 0 rings (SSSR count). The largest absolute Gasteiger partial charge is 0.462 e. The first-order valence-corrected chi connectivity index (χ1v) is 30.3. The molecule has 0 bridgehead atoms. The van der Waals surface area contributed by atoms with Crippen molar-refractivity contribution in [3.63, 3.8) is 0 Å². The van der Waals surface area contributed by atoms with Crippen molar-refractivity contribution in [3.8, 4) is 0 Å². The van der Waals surface area contributed by atoms with Crippen LogP contribution >= 0.6 is 0 Å². The molecule has 0 saturated carbocycles. The average molecular weight is 958 g/mol. The standard InChI is InChI=1S/C62H116O6/c1-4-7-10-13-16-18-20-22-24-25-26-27-28-29-30-31-32-33-34-35-36-37-39-40-42-44-46-49-52-55-61(64)67-58-59(57-66-60(63)54-51-48-15-12-9-6-3)68-62(65)56-53-50-47-45-43-41-38-23-21-19-17-14-11-8-5-2/h20,22,25-26,59H,4-19,21,23-24,27-58H2,1-3H3/b22-20-,26-25-. The van der Waals surface area contributed by atoms with Gasteiger partial charge in [0.25, 0.3) is 0 Å². The highest BCUT2D eigenvalue weighted by Crippen LogP contribution is 2.17. The Morgan fingerprint density at radius 1 is 0.294 bits per heavy atom. The maximum atomic E-state index is 12.8. The van der Waals surface area contributed by atoms with Crippen LogP contribution in [0.3, 0.4) is 0 Å². The third-order valence-electron chi connectivity index (χ3n) is 13.7. The summed E-state index contributed by atoms with van der Waals surface area (Å²) in [6.45, 7) is 6.62. The first-order valence-electron chi connectivity index (χ1n) is 30.3. The molecule has 0 aliphatic rings. The zero-order valence-corrected chi connectivity index (χ0v) is 45.9. The normalized spacial score (nSPS) is 12.1. The molecule has 0 amide bonds. The second-order valence-corrected chi connectivity index (χ2v) is 20.6. The van der Waals surface area contributed by atoms with E-state index in [4.69, 9.17) is 14.2 Å². The van der Waals surface area contributed by atoms with E-state index in [1.54, 1.807) is 0 Å². The molecule has 400 valence electrons. The monoisotopic (exact) mass is 957 g/mol. The van der Waals surface area contributed by atoms with Crippen molar-refractivity contribution in [2.75, 3.05) is 13.2 Å². The molecular formula is C62H116O6. The third kappa shape index (κ3) is 54.8. The lowest BCUT2D eigenvalue weighted by Crippen LogP contribution is -2.30. The fourth-order valence-electron chi connectivity index (χ4n) is 9.12. The molecule has 6 nitrogen and oxygen atoms in total. The third-order valence-corrected chi connectivity index (χ3v) is 13.7. The van der Waals surface area contributed by atoms with E-state index in [0.29, 0.717) is 19.3 Å². The van der Waals surface area contributed by atoms with Crippen LogP contribution < -0.4 is 0 Å². The van der Waals surface area contributed by atoms with Crippen LogP contribution in [0, 0.1) is 0 Å². The van der Waals surface area contributed by atoms with Crippen molar-refractivity contribution >= 4 is 17.9 Å². The Kier molecular flexibility index (Phi) is 55.7. The Hall–Kier alpha value is -2.11. The summed E-state index contributed by atoms with van der Waals surface area (Å²) in [6.07, 6.45) is 67.9. The molecule has 0 aromatic rings. The van der Waals surface area contributed by atoms with E-state index >= 15 is 0 Å². The lowest BCUT2D eigenvalue weighted by molar-refractivity contribution is -0.167. The minimum Gasteiger partial charge on any atom is -0.462 e. The molecule has 68 heavy (non-hydrogen) atoms. The first kappa shape index (κ1) is 65.9. The van der Waals surface area contributed by atoms with Gasteiger partial charge in [0.1, 0.15) is 13.2 Å². The zero-order valence-electron chi connectivity index (χ0n) is 45.9. The van der Waals surface area contributed by atoms with Gasteiger partial charge in [-0.25, -0.2) is 0 Å². The van der Waals surface area contributed by atoms with Crippen molar-refractivity contribution in [1.29, 1.82) is 0 Å². The minimum absolute atomic E-state index is 0.0654. The molecule has 0 aromatic heterocycles. The van der Waals surface area contributed by atoms with E-state index in [1.807, 2.05) is 0 Å². The number of ether oxygens (including phenoxy) is 3. The van der Waals surface area contributed by atoms with Crippen LogP contribution in [0.2, 0.25) is 0 Å². The highest BCUT2D eigenvalue weighted by molar-refractivity contribution is 5.71. The molecule has 0 heterocycles. The molecule has 6 heteroatoms. The van der Waals surface area contributed by atoms with Gasteiger partial charge in [0.15, 0.2) is 6.10 Å². The summed E-state index contributed by atoms with van der Waals surface area (Å²) < 4.78 is 16.8. The maximum absolute atomic E-state index is 12.8. The van der Waals surface area contributed by atoms with Gasteiger partial charge in [-0.15, -0.1) is 0 Å². The fraction of sp³-hybridized carbons (Fsp3) is 0.887. The van der Waals surface area contributed by atoms with Crippen molar-refractivity contribution in [2.24, 2.45) is 0 Å². The minimum atomic E-state index is -0.762. The molecule has 0 aliphatic carbocycles. The maximum Gasteiger partial charge on any atom is 0.306 e. The fourth-order valence-corrected chi connectivity index (χ4v) is 9.12. The van der Waals surface area contributed by atoms with Gasteiger partial charge in [-0.05, 0) is 51.4 Å². The van der Waals surface area contributed by atoms with Crippen molar-refractivity contribution in [3.05, 3.63) is 24.3 Å². The summed E-state index contributed by atoms with van der Waals surface area (Å²) in [5.41, 5.74) is 0. The lowest BCUT2D eigenvalue weighted by Gasteiger charge is -2.18. The molecule has 0 N–H and O–H groups in total. The lowest BCUT2D eigenvalue weighted by atomic mass is 10.0. The number of carbonyl (C=O) groups excluding carboxylic acids is 3. The van der Waals surface area contributed by atoms with E-state index in [2.05, 4.69) is 45.1 Å². The van der Waals surface area contributed by atoms with Crippen LogP contribution in [0.4, 0.5) is 0 Å². The van der Waals surface area contributed by atoms with Crippen LogP contribution in [0.25, 0.3) is 0 Å². The van der Waals surface area contributed by atoms with Crippen molar-refractivity contribution in [1.82, 2.24) is 0 Å². The van der Waals surface area contributed by atoms with Gasteiger partial charge >= 0.3 is 17.9 Å². The van der Waals surface area contributed by atoms with Gasteiger partial charge in [0, 0.05) is 19.3 Å². The predicted molar refractivity (Wildman–Crippen MR) is 293 cm³/mol. The van der Waals surface area contributed by atoms with E-state index in [-0.39, 0.29) is 31.1 Å². The van der Waals surface area contributed by atoms with Crippen LogP contribution in [0.5, 0.6) is 0 Å². The summed E-state index contributed by atoms with van der Waals surface area (Å²) in [4.78, 5) is 37.9. The topological polar surface area (TPSA) is 78.9 Å². The Bertz CT molecular complexity index is 1100. The summed E-state index contributed by atoms with van der Waals surface area (Å²) in [7, 11) is 0. The zero-order chi connectivity index (χ0) is 49.3. The smallest absolute Gasteiger partial charge is 0.306 e. The van der Waals surface area contributed by atoms with Gasteiger partial charge in [-0.1, -0.05) is 289 Å². The predicted octanol–water partition coefficient (Wildman–Crippen LogP) is 20.3. The van der Waals surface area contributed by atoms with Gasteiger partial charge < -0.3 is 14.2 Å². The second-order valence-electron chi connectivity index (χ2n) is 20.6. The van der Waals surface area contributed by atoms with E-state index in [1.165, 1.54) is 231 Å². The molecule has 1 unspecified atom stereocenters. The molecule has 0 fully saturated rings. The Balaban J connectivity index is 3.98. The number of unbranched alkanes of at least 4 members (excludes halogenated alkanes) is 41. The van der Waals surface area contributed by atoms with Gasteiger partial charge in [0.05, 0.1) is 0 Å². The van der Waals surface area contributed by atoms with Crippen LogP contribution in [0.15, 0.2) is 24.3 Å². The number of hydrogen-bond donors (Lipinski definition) is 0. The number of allylic oxidation sites excluding steroid dienone is 4. The highest BCUT2D eigenvalue weighted by Gasteiger charge is 2.19. The van der Waals surface area contributed by atoms with Crippen LogP contribution in [-0.2, 0) is 28.6 Å². The first-order chi connectivity index (χ1) is 33.5. The van der Waals surface area contributed by atoms with E-state index < -0.39 is 6.10 Å². The molecule has 0 radical (unpaired) electrons. The molecule has 1 atom stereocenters. The van der Waals surface area contributed by atoms with Crippen LogP contribution in [-0.4, -0.2) is 37.2 Å². The molecule has 0 aromatic carbocycles. The molecule has 0 spiro atoms. The second kappa shape index (κ2) is 57.5. The summed E-state index contributed by atoms with van der Waals surface area (Å²) in [5.74, 6) is -0.854. The summed E-state index contributed by atoms with van der Waals surface area (Å²) >= 11 is 0. The number of rotatable bonds is 56. The number of carbonyl (C=O) groups is 3. The van der Waals surface area contributed by atoms with E-state index in [0.717, 1.165) is 64.2 Å². The summed E-state index contributed by atoms with van der Waals surface area (Å²) in [6, 6.07) is 0. The number of esters is 3. The SMILES string of the molecule is CCCCCCC/C=C\C/C=C\CCCCCCCCCCCCCCCCCCCC(=O)OCC(COC(=O)CCCCCCCC)OC(=O)CCCCCCCCCCCCCCCCC. The molecule has 0 aliphatic heterocycles. The van der Waals surface area contributed by atoms with Gasteiger partial charge in [-0.2, -0.15) is 0 Å². The molecule has 0 saturated heterocycles. The Morgan fingerprint density at radius 3 is 0.809 bits per heavy atom. The van der Waals surface area contributed by atoms with Gasteiger partial charge in [-0.3, -0.25) is 14.4 Å². The highest BCUT2D eigenvalue weighted by atomic mass is 16.6. The Labute approximate surface area is 423 Å².